The Morgan fingerprint density at radius 2 is 1.90 bits per heavy atom. The molecule has 0 N–H and O–H groups in total. The van der Waals surface area contributed by atoms with Crippen molar-refractivity contribution < 1.29 is 9.59 Å². The van der Waals surface area contributed by atoms with Crippen molar-refractivity contribution in [3.63, 3.8) is 0 Å². The van der Waals surface area contributed by atoms with Gasteiger partial charge in [0.05, 0.1) is 6.54 Å². The molecule has 2 amide bonds. The number of anilines is 1. The summed E-state index contributed by atoms with van der Waals surface area (Å²) in [6.07, 6.45) is 6.11. The lowest BCUT2D eigenvalue weighted by molar-refractivity contribution is 0.0792. The molecule has 8 nitrogen and oxygen atoms in total. The fourth-order valence-electron chi connectivity index (χ4n) is 4.49. The van der Waals surface area contributed by atoms with Crippen molar-refractivity contribution in [2.75, 3.05) is 18.0 Å². The molecule has 0 unspecified atom stereocenters. The van der Waals surface area contributed by atoms with E-state index in [9.17, 15) is 9.59 Å². The summed E-state index contributed by atoms with van der Waals surface area (Å²) in [5.74, 6) is 1.26. The van der Waals surface area contributed by atoms with E-state index in [2.05, 4.69) is 14.8 Å². The van der Waals surface area contributed by atoms with Crippen LogP contribution in [-0.2, 0) is 6.54 Å². The highest BCUT2D eigenvalue weighted by atomic mass is 16.2. The molecular weight excluding hydrogens is 392 g/mol. The van der Waals surface area contributed by atoms with Crippen molar-refractivity contribution in [3.05, 3.63) is 59.4 Å². The summed E-state index contributed by atoms with van der Waals surface area (Å²) in [7, 11) is 0. The average Bonchev–Trinajstić information content (AvgIpc) is 3.20. The average molecular weight is 414 g/mol. The Morgan fingerprint density at radius 1 is 1.06 bits per heavy atom. The van der Waals surface area contributed by atoms with Crippen molar-refractivity contribution in [2.24, 2.45) is 0 Å². The number of nitrogens with zero attached hydrogens (tertiary/aromatic N) is 6. The van der Waals surface area contributed by atoms with Gasteiger partial charge in [0.25, 0.3) is 11.8 Å². The van der Waals surface area contributed by atoms with Gasteiger partial charge in [0.15, 0.2) is 5.82 Å². The second-order valence-corrected chi connectivity index (χ2v) is 8.44. The van der Waals surface area contributed by atoms with E-state index in [1.165, 1.54) is 0 Å². The molecule has 1 saturated carbocycles. The van der Waals surface area contributed by atoms with E-state index in [4.69, 9.17) is 4.98 Å². The molecule has 0 radical (unpaired) electrons. The lowest BCUT2D eigenvalue weighted by Gasteiger charge is -2.16. The molecule has 8 heteroatoms. The molecule has 2 aliphatic heterocycles. The standard InChI is InChI=1S/C23H22N6O2/c30-22(27-10-1-2-11-27)15-6-9-18-16(12-15)13-28(23(18)31)20-5-3-4-19(25-20)21-26-24-14-29(21)17-7-8-17/h3-6,9,12,14,17H,1-2,7-8,10-11,13H2. The molecule has 31 heavy (non-hydrogen) atoms. The number of carbonyl (C=O) groups is 2. The Labute approximate surface area is 179 Å². The van der Waals surface area contributed by atoms with Crippen LogP contribution >= 0.6 is 0 Å². The SMILES string of the molecule is O=C(c1ccc2c(c1)CN(c1cccc(-c3nncn3C3CC3)n1)C2=O)N1CCCC1. The zero-order valence-electron chi connectivity index (χ0n) is 17.1. The molecule has 2 fully saturated rings. The number of hydrogen-bond donors (Lipinski definition) is 0. The number of amides is 2. The largest absolute Gasteiger partial charge is 0.339 e. The van der Waals surface area contributed by atoms with Gasteiger partial charge in [-0.3, -0.25) is 14.5 Å². The van der Waals surface area contributed by atoms with Crippen LogP contribution in [0.5, 0.6) is 0 Å². The normalized spacial score (nSPS) is 18.0. The Morgan fingerprint density at radius 3 is 2.71 bits per heavy atom. The molecule has 2 aromatic heterocycles. The van der Waals surface area contributed by atoms with E-state index in [0.29, 0.717) is 35.2 Å². The molecule has 3 aliphatic rings. The van der Waals surface area contributed by atoms with Crippen molar-refractivity contribution in [2.45, 2.75) is 38.3 Å². The maximum absolute atomic E-state index is 13.1. The zero-order chi connectivity index (χ0) is 20.9. The Bertz CT molecular complexity index is 1190. The third-order valence-electron chi connectivity index (χ3n) is 6.30. The van der Waals surface area contributed by atoms with E-state index in [0.717, 1.165) is 50.2 Å². The van der Waals surface area contributed by atoms with Crippen molar-refractivity contribution in [3.8, 4) is 11.5 Å². The first-order valence-corrected chi connectivity index (χ1v) is 10.8. The first kappa shape index (κ1) is 18.2. The quantitative estimate of drug-likeness (QED) is 0.655. The second kappa shape index (κ2) is 7.01. The lowest BCUT2D eigenvalue weighted by atomic mass is 10.1. The van der Waals surface area contributed by atoms with Crippen molar-refractivity contribution in [1.82, 2.24) is 24.6 Å². The smallest absolute Gasteiger partial charge is 0.260 e. The summed E-state index contributed by atoms with van der Waals surface area (Å²) in [5.41, 5.74) is 2.85. The summed E-state index contributed by atoms with van der Waals surface area (Å²) < 4.78 is 2.06. The van der Waals surface area contributed by atoms with Gasteiger partial charge in [-0.15, -0.1) is 10.2 Å². The number of likely N-dealkylation sites (tertiary alicyclic amines) is 1. The first-order valence-electron chi connectivity index (χ1n) is 10.8. The molecule has 0 spiro atoms. The molecule has 0 bridgehead atoms. The number of hydrogen-bond acceptors (Lipinski definition) is 5. The third kappa shape index (κ3) is 3.10. The van der Waals surface area contributed by atoms with Crippen LogP contribution in [0.25, 0.3) is 11.5 Å². The molecule has 1 saturated heterocycles. The fraction of sp³-hybridized carbons (Fsp3) is 0.348. The minimum Gasteiger partial charge on any atom is -0.339 e. The Kier molecular flexibility index (Phi) is 4.12. The topological polar surface area (TPSA) is 84.2 Å². The maximum atomic E-state index is 13.1. The number of rotatable bonds is 4. The first-order chi connectivity index (χ1) is 15.2. The number of fused-ring (bicyclic) bond motifs is 1. The van der Waals surface area contributed by atoms with Gasteiger partial charge in [-0.2, -0.15) is 0 Å². The van der Waals surface area contributed by atoms with Gasteiger partial charge in [-0.25, -0.2) is 4.98 Å². The third-order valence-corrected chi connectivity index (χ3v) is 6.30. The number of carbonyl (C=O) groups excluding carboxylic acids is 2. The van der Waals surface area contributed by atoms with E-state index in [1.54, 1.807) is 23.4 Å². The summed E-state index contributed by atoms with van der Waals surface area (Å²) in [4.78, 5) is 34.1. The predicted octanol–water partition coefficient (Wildman–Crippen LogP) is 3.07. The monoisotopic (exact) mass is 414 g/mol. The van der Waals surface area contributed by atoms with Crippen LogP contribution < -0.4 is 4.90 Å². The fourth-order valence-corrected chi connectivity index (χ4v) is 4.49. The van der Waals surface area contributed by atoms with E-state index in [1.807, 2.05) is 29.2 Å². The van der Waals surface area contributed by atoms with Crippen LogP contribution in [0.3, 0.4) is 0 Å². The highest BCUT2D eigenvalue weighted by molar-refractivity contribution is 6.10. The predicted molar refractivity (Wildman–Crippen MR) is 114 cm³/mol. The van der Waals surface area contributed by atoms with Crippen LogP contribution in [0.15, 0.2) is 42.7 Å². The second-order valence-electron chi connectivity index (χ2n) is 8.44. The van der Waals surface area contributed by atoms with Crippen LogP contribution in [0, 0.1) is 0 Å². The molecule has 1 aromatic carbocycles. The lowest BCUT2D eigenvalue weighted by Crippen LogP contribution is -2.27. The summed E-state index contributed by atoms with van der Waals surface area (Å²) in [5, 5.41) is 8.30. The van der Waals surface area contributed by atoms with E-state index >= 15 is 0 Å². The Balaban J connectivity index is 1.29. The van der Waals surface area contributed by atoms with Gasteiger partial charge in [0.2, 0.25) is 0 Å². The molecule has 3 aromatic rings. The molecular formula is C23H22N6O2. The summed E-state index contributed by atoms with van der Waals surface area (Å²) in [6, 6.07) is 11.5. The Hall–Kier alpha value is -3.55. The zero-order valence-corrected chi connectivity index (χ0v) is 17.1. The van der Waals surface area contributed by atoms with E-state index in [-0.39, 0.29) is 11.8 Å². The van der Waals surface area contributed by atoms with Gasteiger partial charge in [-0.1, -0.05) is 6.07 Å². The highest BCUT2D eigenvalue weighted by Gasteiger charge is 2.32. The van der Waals surface area contributed by atoms with E-state index < -0.39 is 0 Å². The molecule has 1 aliphatic carbocycles. The van der Waals surface area contributed by atoms with Crippen LogP contribution in [-0.4, -0.2) is 49.6 Å². The molecule has 4 heterocycles. The minimum atomic E-state index is -0.0940. The van der Waals surface area contributed by atoms with Gasteiger partial charge >= 0.3 is 0 Å². The van der Waals surface area contributed by atoms with Gasteiger partial charge in [0.1, 0.15) is 17.8 Å². The maximum Gasteiger partial charge on any atom is 0.260 e. The summed E-state index contributed by atoms with van der Waals surface area (Å²) in [6.45, 7) is 2.02. The molecule has 156 valence electrons. The van der Waals surface area contributed by atoms with Crippen LogP contribution in [0.2, 0.25) is 0 Å². The van der Waals surface area contributed by atoms with Gasteiger partial charge in [0, 0.05) is 30.3 Å². The van der Waals surface area contributed by atoms with Crippen molar-refractivity contribution >= 4 is 17.6 Å². The van der Waals surface area contributed by atoms with Gasteiger partial charge < -0.3 is 9.47 Å². The highest BCUT2D eigenvalue weighted by Crippen LogP contribution is 2.37. The number of pyridine rings is 1. The molecule has 6 rings (SSSR count). The number of benzene rings is 1. The van der Waals surface area contributed by atoms with Crippen LogP contribution in [0.4, 0.5) is 5.82 Å². The minimum absolute atomic E-state index is 0.0470. The van der Waals surface area contributed by atoms with Crippen LogP contribution in [0.1, 0.15) is 58.0 Å². The van der Waals surface area contributed by atoms with Gasteiger partial charge in [-0.05, 0) is 61.6 Å². The number of aromatic nitrogens is 4. The molecule has 0 atom stereocenters. The van der Waals surface area contributed by atoms with Crippen molar-refractivity contribution in [1.29, 1.82) is 0 Å². The summed E-state index contributed by atoms with van der Waals surface area (Å²) >= 11 is 0.